The van der Waals surface area contributed by atoms with Crippen LogP contribution in [0.5, 0.6) is 11.5 Å². The van der Waals surface area contributed by atoms with Gasteiger partial charge in [0.1, 0.15) is 0 Å². The predicted molar refractivity (Wildman–Crippen MR) is 139 cm³/mol. The van der Waals surface area contributed by atoms with E-state index >= 15 is 0 Å². The molecule has 3 rings (SSSR count). The van der Waals surface area contributed by atoms with E-state index in [4.69, 9.17) is 15.2 Å². The summed E-state index contributed by atoms with van der Waals surface area (Å²) < 4.78 is 12.1. The Labute approximate surface area is 198 Å². The lowest BCUT2D eigenvalue weighted by molar-refractivity contribution is 0.289. The Kier molecular flexibility index (Phi) is 9.37. The van der Waals surface area contributed by atoms with Crippen LogP contribution in [0.2, 0.25) is 0 Å². The topological polar surface area (TPSA) is 69.4 Å². The van der Waals surface area contributed by atoms with Crippen LogP contribution in [0.4, 0.5) is 5.69 Å². The van der Waals surface area contributed by atoms with Gasteiger partial charge in [-0.2, -0.15) is 0 Å². The molecule has 0 radical (unpaired) electrons. The average molecular weight is 450 g/mol. The summed E-state index contributed by atoms with van der Waals surface area (Å²) in [5.41, 5.74) is 11.4. The molecule has 0 aliphatic rings. The second kappa shape index (κ2) is 12.4. The molecule has 1 heterocycles. The molecule has 1 aromatic heterocycles. The molecule has 1 unspecified atom stereocenters. The zero-order valence-electron chi connectivity index (χ0n) is 20.6. The molecular weight excluding hydrogens is 410 g/mol. The van der Waals surface area contributed by atoms with Gasteiger partial charge < -0.3 is 20.5 Å². The molecule has 0 bridgehead atoms. The van der Waals surface area contributed by atoms with Crippen molar-refractivity contribution in [2.45, 2.75) is 65.3 Å². The number of pyridine rings is 1. The predicted octanol–water partition coefficient (Wildman–Crippen LogP) is 6.19. The van der Waals surface area contributed by atoms with Crippen molar-refractivity contribution in [3.63, 3.8) is 0 Å². The van der Waals surface area contributed by atoms with E-state index in [1.54, 1.807) is 7.11 Å². The molecule has 0 fully saturated rings. The summed E-state index contributed by atoms with van der Waals surface area (Å²) in [4.78, 5) is 4.69. The number of nitrogens with one attached hydrogen (secondary N) is 1. The normalized spacial score (nSPS) is 12.0. The Morgan fingerprint density at radius 2 is 1.82 bits per heavy atom. The molecule has 0 aliphatic carbocycles. The molecular formula is C28H39N3O2. The van der Waals surface area contributed by atoms with Crippen LogP contribution in [0.25, 0.3) is 10.9 Å². The molecule has 0 saturated heterocycles. The van der Waals surface area contributed by atoms with Gasteiger partial charge in [0.2, 0.25) is 0 Å². The second-order valence-corrected chi connectivity index (χ2v) is 8.93. The maximum absolute atomic E-state index is 6.31. The Bertz CT molecular complexity index is 1020. The SMILES string of the molecule is COc1cc(NC(C)CCCN)c2nccc(C)c2c1OCCCCCc1ccc(C)cc1. The van der Waals surface area contributed by atoms with Crippen LogP contribution < -0.4 is 20.5 Å². The summed E-state index contributed by atoms with van der Waals surface area (Å²) in [5.74, 6) is 1.53. The van der Waals surface area contributed by atoms with Gasteiger partial charge in [-0.25, -0.2) is 0 Å². The van der Waals surface area contributed by atoms with Crippen LogP contribution in [0, 0.1) is 13.8 Å². The Balaban J connectivity index is 1.67. The largest absolute Gasteiger partial charge is 0.493 e. The van der Waals surface area contributed by atoms with Gasteiger partial charge in [-0.15, -0.1) is 0 Å². The lowest BCUT2D eigenvalue weighted by Gasteiger charge is -2.20. The van der Waals surface area contributed by atoms with Gasteiger partial charge in [0.25, 0.3) is 0 Å². The highest BCUT2D eigenvalue weighted by molar-refractivity contribution is 5.99. The summed E-state index contributed by atoms with van der Waals surface area (Å²) in [6.45, 7) is 7.75. The first-order valence-corrected chi connectivity index (χ1v) is 12.1. The Morgan fingerprint density at radius 3 is 2.55 bits per heavy atom. The smallest absolute Gasteiger partial charge is 0.170 e. The van der Waals surface area contributed by atoms with E-state index in [1.807, 2.05) is 18.3 Å². The first-order chi connectivity index (χ1) is 16.0. The molecule has 3 aromatic rings. The number of aromatic nitrogens is 1. The molecule has 5 nitrogen and oxygen atoms in total. The number of hydrogen-bond donors (Lipinski definition) is 2. The molecule has 2 aromatic carbocycles. The van der Waals surface area contributed by atoms with Gasteiger partial charge >= 0.3 is 0 Å². The molecule has 5 heteroatoms. The zero-order chi connectivity index (χ0) is 23.6. The maximum Gasteiger partial charge on any atom is 0.170 e. The number of hydrogen-bond acceptors (Lipinski definition) is 5. The third kappa shape index (κ3) is 6.84. The lowest BCUT2D eigenvalue weighted by Crippen LogP contribution is -2.17. The van der Waals surface area contributed by atoms with E-state index < -0.39 is 0 Å². The van der Waals surface area contributed by atoms with Crippen LogP contribution in [0.3, 0.4) is 0 Å². The van der Waals surface area contributed by atoms with Gasteiger partial charge in [-0.05, 0) is 83.0 Å². The first kappa shape index (κ1) is 24.8. The summed E-state index contributed by atoms with van der Waals surface area (Å²) in [6, 6.07) is 13.2. The van der Waals surface area contributed by atoms with Crippen molar-refractivity contribution in [1.29, 1.82) is 0 Å². The molecule has 178 valence electrons. The molecule has 3 N–H and O–H groups in total. The van der Waals surface area contributed by atoms with Crippen molar-refractivity contribution >= 4 is 16.6 Å². The molecule has 1 atom stereocenters. The number of benzene rings is 2. The number of rotatable bonds is 13. The zero-order valence-corrected chi connectivity index (χ0v) is 20.6. The number of ether oxygens (including phenoxy) is 2. The number of anilines is 1. The number of methoxy groups -OCH3 is 1. The lowest BCUT2D eigenvalue weighted by atomic mass is 10.1. The minimum atomic E-state index is 0.295. The summed E-state index contributed by atoms with van der Waals surface area (Å²) in [7, 11) is 1.70. The number of fused-ring (bicyclic) bond motifs is 1. The van der Waals surface area contributed by atoms with Gasteiger partial charge in [0, 0.05) is 18.3 Å². The minimum Gasteiger partial charge on any atom is -0.493 e. The average Bonchev–Trinajstić information content (AvgIpc) is 2.82. The van der Waals surface area contributed by atoms with E-state index in [0.717, 1.165) is 72.2 Å². The van der Waals surface area contributed by atoms with E-state index in [1.165, 1.54) is 11.1 Å². The molecule has 0 spiro atoms. The van der Waals surface area contributed by atoms with Crippen LogP contribution >= 0.6 is 0 Å². The number of nitrogens with zero attached hydrogens (tertiary/aromatic N) is 1. The van der Waals surface area contributed by atoms with E-state index in [-0.39, 0.29) is 0 Å². The third-order valence-electron chi connectivity index (χ3n) is 6.08. The maximum atomic E-state index is 6.31. The fraction of sp³-hybridized carbons (Fsp3) is 0.464. The van der Waals surface area contributed by atoms with Crippen LogP contribution in [-0.4, -0.2) is 31.3 Å². The molecule has 0 saturated carbocycles. The highest BCUT2D eigenvalue weighted by atomic mass is 16.5. The fourth-order valence-electron chi connectivity index (χ4n) is 4.14. The van der Waals surface area contributed by atoms with Crippen LogP contribution in [0.1, 0.15) is 55.7 Å². The molecule has 33 heavy (non-hydrogen) atoms. The highest BCUT2D eigenvalue weighted by Crippen LogP contribution is 2.41. The van der Waals surface area contributed by atoms with Crippen LogP contribution in [0.15, 0.2) is 42.6 Å². The van der Waals surface area contributed by atoms with Gasteiger partial charge in [-0.1, -0.05) is 29.8 Å². The number of aryl methyl sites for hydroxylation is 3. The van der Waals surface area contributed by atoms with Gasteiger partial charge in [0.05, 0.1) is 30.3 Å². The minimum absolute atomic E-state index is 0.295. The third-order valence-corrected chi connectivity index (χ3v) is 6.08. The van der Waals surface area contributed by atoms with Crippen molar-refractivity contribution in [3.05, 3.63) is 59.3 Å². The fourth-order valence-corrected chi connectivity index (χ4v) is 4.14. The van der Waals surface area contributed by atoms with E-state index in [9.17, 15) is 0 Å². The van der Waals surface area contributed by atoms with Crippen molar-refractivity contribution in [2.24, 2.45) is 5.73 Å². The monoisotopic (exact) mass is 449 g/mol. The molecule has 0 aliphatic heterocycles. The standard InChI is InChI=1S/C28H39N3O2/c1-20-11-13-23(14-12-20)10-6-5-7-18-33-28-25(32-4)19-24(31-22(3)9-8-16-29)27-26(28)21(2)15-17-30-27/h11-15,17,19,22,31H,5-10,16,18,29H2,1-4H3. The van der Waals surface area contributed by atoms with Crippen molar-refractivity contribution in [3.8, 4) is 11.5 Å². The Morgan fingerprint density at radius 1 is 1.03 bits per heavy atom. The van der Waals surface area contributed by atoms with Crippen molar-refractivity contribution in [2.75, 3.05) is 25.6 Å². The highest BCUT2D eigenvalue weighted by Gasteiger charge is 2.18. The van der Waals surface area contributed by atoms with E-state index in [2.05, 4.69) is 55.3 Å². The van der Waals surface area contributed by atoms with E-state index in [0.29, 0.717) is 19.2 Å². The number of nitrogens with two attached hydrogens (primary N) is 1. The van der Waals surface area contributed by atoms with Gasteiger partial charge in [-0.3, -0.25) is 4.98 Å². The first-order valence-electron chi connectivity index (χ1n) is 12.1. The summed E-state index contributed by atoms with van der Waals surface area (Å²) in [5, 5.41) is 4.62. The quantitative estimate of drug-likeness (QED) is 0.304. The molecule has 0 amide bonds. The summed E-state index contributed by atoms with van der Waals surface area (Å²) >= 11 is 0. The van der Waals surface area contributed by atoms with Crippen molar-refractivity contribution in [1.82, 2.24) is 4.98 Å². The Hall–Kier alpha value is -2.79. The van der Waals surface area contributed by atoms with Crippen LogP contribution in [-0.2, 0) is 6.42 Å². The number of unbranched alkanes of at least 4 members (excludes halogenated alkanes) is 2. The van der Waals surface area contributed by atoms with Crippen molar-refractivity contribution < 1.29 is 9.47 Å². The summed E-state index contributed by atoms with van der Waals surface area (Å²) in [6.07, 6.45) is 8.25. The van der Waals surface area contributed by atoms with Gasteiger partial charge in [0.15, 0.2) is 11.5 Å². The second-order valence-electron chi connectivity index (χ2n) is 8.93.